The first-order valence-electron chi connectivity index (χ1n) is 5.58. The van der Waals surface area contributed by atoms with E-state index in [9.17, 15) is 0 Å². The van der Waals surface area contributed by atoms with Crippen LogP contribution in [0.15, 0.2) is 24.0 Å². The lowest BCUT2D eigenvalue weighted by Gasteiger charge is -2.33. The summed E-state index contributed by atoms with van der Waals surface area (Å²) in [4.78, 5) is 0. The Morgan fingerprint density at radius 3 is 3.07 bits per heavy atom. The summed E-state index contributed by atoms with van der Waals surface area (Å²) >= 11 is 0. The normalized spacial score (nSPS) is 36.1. The molecule has 0 aromatic rings. The van der Waals surface area contributed by atoms with E-state index in [0.29, 0.717) is 12.0 Å². The van der Waals surface area contributed by atoms with Gasteiger partial charge >= 0.3 is 0 Å². The molecule has 1 fully saturated rings. The molecule has 1 saturated heterocycles. The number of ether oxygens (including phenoxy) is 2. The highest BCUT2D eigenvalue weighted by Gasteiger charge is 2.26. The lowest BCUT2D eigenvalue weighted by atomic mass is 9.93. The number of nitrogens with one attached hydrogen (secondary N) is 1. The van der Waals surface area contributed by atoms with Crippen LogP contribution in [0.2, 0.25) is 0 Å². The van der Waals surface area contributed by atoms with Crippen molar-refractivity contribution in [2.45, 2.75) is 25.6 Å². The lowest BCUT2D eigenvalue weighted by molar-refractivity contribution is -0.0475. The highest BCUT2D eigenvalue weighted by Crippen LogP contribution is 2.24. The SMILES string of the molecule is COC1=CC([C@H]2CNC[C@H](C)O2)CC=C1. The maximum Gasteiger partial charge on any atom is 0.114 e. The van der Waals surface area contributed by atoms with Crippen molar-refractivity contribution in [1.29, 1.82) is 0 Å². The Labute approximate surface area is 91.1 Å². The smallest absolute Gasteiger partial charge is 0.114 e. The molecule has 0 bridgehead atoms. The molecule has 15 heavy (non-hydrogen) atoms. The molecule has 2 aliphatic rings. The Bertz CT molecular complexity index is 273. The Morgan fingerprint density at radius 1 is 1.47 bits per heavy atom. The summed E-state index contributed by atoms with van der Waals surface area (Å²) in [6, 6.07) is 0. The molecular weight excluding hydrogens is 190 g/mol. The molecule has 84 valence electrons. The van der Waals surface area contributed by atoms with Gasteiger partial charge in [0.15, 0.2) is 0 Å². The van der Waals surface area contributed by atoms with E-state index in [1.807, 2.05) is 6.08 Å². The molecule has 3 heteroatoms. The van der Waals surface area contributed by atoms with E-state index < -0.39 is 0 Å². The van der Waals surface area contributed by atoms with Gasteiger partial charge in [-0.2, -0.15) is 0 Å². The second kappa shape index (κ2) is 4.81. The summed E-state index contributed by atoms with van der Waals surface area (Å²) in [5.41, 5.74) is 0. The predicted molar refractivity (Wildman–Crippen MR) is 59.5 cm³/mol. The van der Waals surface area contributed by atoms with Gasteiger partial charge in [-0.15, -0.1) is 0 Å². The summed E-state index contributed by atoms with van der Waals surface area (Å²) in [5, 5.41) is 3.40. The molecular formula is C12H19NO2. The van der Waals surface area contributed by atoms with Gasteiger partial charge in [0.2, 0.25) is 0 Å². The fraction of sp³-hybridized carbons (Fsp3) is 0.667. The van der Waals surface area contributed by atoms with Crippen LogP contribution in [-0.2, 0) is 9.47 Å². The summed E-state index contributed by atoms with van der Waals surface area (Å²) in [5.74, 6) is 1.40. The van der Waals surface area contributed by atoms with E-state index in [0.717, 1.165) is 25.3 Å². The van der Waals surface area contributed by atoms with Crippen LogP contribution in [0.1, 0.15) is 13.3 Å². The molecule has 0 radical (unpaired) electrons. The zero-order valence-corrected chi connectivity index (χ0v) is 9.40. The van der Waals surface area contributed by atoms with Crippen LogP contribution in [0.3, 0.4) is 0 Å². The minimum Gasteiger partial charge on any atom is -0.497 e. The number of hydrogen-bond acceptors (Lipinski definition) is 3. The average Bonchev–Trinajstić information content (AvgIpc) is 2.29. The minimum atomic E-state index is 0.281. The van der Waals surface area contributed by atoms with E-state index in [2.05, 4.69) is 24.4 Å². The van der Waals surface area contributed by atoms with Crippen LogP contribution >= 0.6 is 0 Å². The summed E-state index contributed by atoms with van der Waals surface area (Å²) in [6.45, 7) is 4.01. The summed E-state index contributed by atoms with van der Waals surface area (Å²) in [6.07, 6.45) is 8.00. The van der Waals surface area contributed by atoms with Gasteiger partial charge in [-0.1, -0.05) is 6.08 Å². The number of methoxy groups -OCH3 is 1. The molecule has 1 unspecified atom stereocenters. The first kappa shape index (κ1) is 10.7. The minimum absolute atomic E-state index is 0.281. The van der Waals surface area contributed by atoms with Crippen molar-refractivity contribution in [3.8, 4) is 0 Å². The Hall–Kier alpha value is -0.800. The number of rotatable bonds is 2. The zero-order chi connectivity index (χ0) is 10.7. The molecule has 0 aromatic heterocycles. The molecule has 1 N–H and O–H groups in total. The van der Waals surface area contributed by atoms with E-state index in [4.69, 9.17) is 9.47 Å². The summed E-state index contributed by atoms with van der Waals surface area (Å²) < 4.78 is 11.2. The van der Waals surface area contributed by atoms with Gasteiger partial charge in [-0.25, -0.2) is 0 Å². The Balaban J connectivity index is 1.98. The van der Waals surface area contributed by atoms with Gasteiger partial charge in [0, 0.05) is 19.0 Å². The van der Waals surface area contributed by atoms with Crippen molar-refractivity contribution in [3.63, 3.8) is 0 Å². The van der Waals surface area contributed by atoms with Gasteiger partial charge in [0.05, 0.1) is 19.3 Å². The molecule has 0 aromatic carbocycles. The van der Waals surface area contributed by atoms with Crippen molar-refractivity contribution < 1.29 is 9.47 Å². The highest BCUT2D eigenvalue weighted by molar-refractivity contribution is 5.19. The molecule has 3 atom stereocenters. The van der Waals surface area contributed by atoms with Crippen LogP contribution in [0.4, 0.5) is 0 Å². The monoisotopic (exact) mass is 209 g/mol. The fourth-order valence-corrected chi connectivity index (χ4v) is 2.15. The van der Waals surface area contributed by atoms with Gasteiger partial charge in [-0.3, -0.25) is 0 Å². The predicted octanol–water partition coefficient (Wildman–Crippen LogP) is 1.47. The average molecular weight is 209 g/mol. The zero-order valence-electron chi connectivity index (χ0n) is 9.40. The van der Waals surface area contributed by atoms with Crippen LogP contribution < -0.4 is 5.32 Å². The lowest BCUT2D eigenvalue weighted by Crippen LogP contribution is -2.46. The van der Waals surface area contributed by atoms with Crippen LogP contribution in [0.5, 0.6) is 0 Å². The topological polar surface area (TPSA) is 30.5 Å². The highest BCUT2D eigenvalue weighted by atomic mass is 16.5. The third-order valence-corrected chi connectivity index (χ3v) is 2.97. The molecule has 0 amide bonds. The maximum absolute atomic E-state index is 5.92. The van der Waals surface area contributed by atoms with Gasteiger partial charge in [0.1, 0.15) is 5.76 Å². The third-order valence-electron chi connectivity index (χ3n) is 2.97. The molecule has 1 heterocycles. The molecule has 1 aliphatic carbocycles. The number of hydrogen-bond donors (Lipinski definition) is 1. The third kappa shape index (κ3) is 2.61. The maximum atomic E-state index is 5.92. The molecule has 2 rings (SSSR count). The van der Waals surface area contributed by atoms with Crippen molar-refractivity contribution >= 4 is 0 Å². The molecule has 0 saturated carbocycles. The molecule has 3 nitrogen and oxygen atoms in total. The van der Waals surface area contributed by atoms with Gasteiger partial charge in [0.25, 0.3) is 0 Å². The molecule has 0 spiro atoms. The molecule has 1 aliphatic heterocycles. The van der Waals surface area contributed by atoms with Crippen molar-refractivity contribution in [2.24, 2.45) is 5.92 Å². The van der Waals surface area contributed by atoms with Crippen LogP contribution in [0.25, 0.3) is 0 Å². The summed E-state index contributed by atoms with van der Waals surface area (Å²) in [7, 11) is 1.71. The standard InChI is InChI=1S/C12H19NO2/c1-9-7-13-8-12(15-9)10-4-3-5-11(6-10)14-2/h3,5-6,9-10,12-13H,4,7-8H2,1-2H3/t9-,10?,12+/m0/s1. The number of morpholine rings is 1. The van der Waals surface area contributed by atoms with Gasteiger partial charge in [-0.05, 0) is 25.5 Å². The van der Waals surface area contributed by atoms with E-state index in [1.165, 1.54) is 0 Å². The van der Waals surface area contributed by atoms with E-state index in [1.54, 1.807) is 7.11 Å². The van der Waals surface area contributed by atoms with E-state index in [-0.39, 0.29) is 6.10 Å². The quantitative estimate of drug-likeness (QED) is 0.747. The van der Waals surface area contributed by atoms with Gasteiger partial charge < -0.3 is 14.8 Å². The second-order valence-electron chi connectivity index (χ2n) is 4.22. The Morgan fingerprint density at radius 2 is 2.33 bits per heavy atom. The van der Waals surface area contributed by atoms with E-state index >= 15 is 0 Å². The largest absolute Gasteiger partial charge is 0.497 e. The first-order valence-corrected chi connectivity index (χ1v) is 5.58. The number of allylic oxidation sites excluding steroid dienone is 2. The first-order chi connectivity index (χ1) is 7.29. The van der Waals surface area contributed by atoms with Crippen molar-refractivity contribution in [2.75, 3.05) is 20.2 Å². The fourth-order valence-electron chi connectivity index (χ4n) is 2.15. The Kier molecular flexibility index (Phi) is 3.44. The van der Waals surface area contributed by atoms with Crippen LogP contribution in [-0.4, -0.2) is 32.4 Å². The van der Waals surface area contributed by atoms with Crippen molar-refractivity contribution in [3.05, 3.63) is 24.0 Å². The van der Waals surface area contributed by atoms with Crippen LogP contribution in [0, 0.1) is 5.92 Å². The second-order valence-corrected chi connectivity index (χ2v) is 4.22. The van der Waals surface area contributed by atoms with Crippen molar-refractivity contribution in [1.82, 2.24) is 5.32 Å².